The van der Waals surface area contributed by atoms with Gasteiger partial charge in [-0.25, -0.2) is 9.97 Å². The Bertz CT molecular complexity index is 730. The first-order valence-corrected chi connectivity index (χ1v) is 6.15. The van der Waals surface area contributed by atoms with E-state index in [0.717, 1.165) is 5.69 Å². The Morgan fingerprint density at radius 1 is 0.895 bits per heavy atom. The smallest absolute Gasteiger partial charge is 0.226 e. The van der Waals surface area contributed by atoms with Crippen molar-refractivity contribution in [3.05, 3.63) is 47.0 Å². The van der Waals surface area contributed by atoms with Crippen LogP contribution in [0.2, 0.25) is 10.3 Å². The molecule has 19 heavy (non-hydrogen) atoms. The van der Waals surface area contributed by atoms with E-state index in [2.05, 4.69) is 25.3 Å². The highest BCUT2D eigenvalue weighted by Gasteiger charge is 2.08. The number of nitrogens with one attached hydrogen (secondary N) is 1. The summed E-state index contributed by atoms with van der Waals surface area (Å²) in [5.41, 5.74) is 1.83. The second-order valence-corrected chi connectivity index (χ2v) is 4.48. The van der Waals surface area contributed by atoms with E-state index in [0.29, 0.717) is 22.0 Å². The molecule has 0 saturated carbocycles. The molecule has 1 N–H and O–H groups in total. The Morgan fingerprint density at radius 2 is 1.63 bits per heavy atom. The Balaban J connectivity index is 2.07. The molecule has 0 spiro atoms. The van der Waals surface area contributed by atoms with Gasteiger partial charge in [0.25, 0.3) is 0 Å². The van der Waals surface area contributed by atoms with Crippen LogP contribution in [0.5, 0.6) is 0 Å². The second kappa shape index (κ2) is 4.95. The molecule has 5 nitrogen and oxygen atoms in total. The van der Waals surface area contributed by atoms with Crippen LogP contribution in [0.15, 0.2) is 36.7 Å². The molecule has 0 aliphatic heterocycles. The number of hydrogen-bond acceptors (Lipinski definition) is 5. The maximum atomic E-state index is 5.86. The first kappa shape index (κ1) is 12.1. The molecular formula is C12H7Cl2N5. The van der Waals surface area contributed by atoms with Crippen molar-refractivity contribution in [3.8, 4) is 0 Å². The van der Waals surface area contributed by atoms with Gasteiger partial charge in [0.15, 0.2) is 17.0 Å². The van der Waals surface area contributed by atoms with Crippen LogP contribution in [-0.4, -0.2) is 19.9 Å². The molecule has 0 aliphatic carbocycles. The fourth-order valence-electron chi connectivity index (χ4n) is 1.59. The first-order valence-electron chi connectivity index (χ1n) is 5.39. The van der Waals surface area contributed by atoms with Crippen molar-refractivity contribution in [2.75, 3.05) is 5.32 Å². The van der Waals surface area contributed by atoms with Gasteiger partial charge >= 0.3 is 0 Å². The number of aromatic nitrogens is 4. The molecule has 1 aromatic carbocycles. The molecule has 2 heterocycles. The van der Waals surface area contributed by atoms with Gasteiger partial charge in [0.05, 0.1) is 0 Å². The summed E-state index contributed by atoms with van der Waals surface area (Å²) in [5.74, 6) is 0.505. The number of fused-ring (bicyclic) bond motifs is 1. The summed E-state index contributed by atoms with van der Waals surface area (Å²) in [6.45, 7) is 0. The molecule has 3 aromatic rings. The predicted molar refractivity (Wildman–Crippen MR) is 74.9 cm³/mol. The summed E-state index contributed by atoms with van der Waals surface area (Å²) in [6.07, 6.45) is 3.13. The van der Waals surface area contributed by atoms with Crippen LogP contribution in [-0.2, 0) is 0 Å². The van der Waals surface area contributed by atoms with Gasteiger partial charge < -0.3 is 5.32 Å². The minimum atomic E-state index is 0.115. The Morgan fingerprint density at radius 3 is 2.42 bits per heavy atom. The maximum Gasteiger partial charge on any atom is 0.226 e. The van der Waals surface area contributed by atoms with Gasteiger partial charge in [0.2, 0.25) is 5.28 Å². The van der Waals surface area contributed by atoms with E-state index < -0.39 is 0 Å². The molecule has 0 radical (unpaired) electrons. The van der Waals surface area contributed by atoms with Crippen LogP contribution >= 0.6 is 23.2 Å². The van der Waals surface area contributed by atoms with Gasteiger partial charge in [-0.2, -0.15) is 9.97 Å². The summed E-state index contributed by atoms with van der Waals surface area (Å²) in [5, 5.41) is 3.90. The van der Waals surface area contributed by atoms with Gasteiger partial charge in [0.1, 0.15) is 0 Å². The first-order chi connectivity index (χ1) is 9.22. The monoisotopic (exact) mass is 291 g/mol. The number of halogens is 2. The summed E-state index contributed by atoms with van der Waals surface area (Å²) >= 11 is 11.7. The highest BCUT2D eigenvalue weighted by molar-refractivity contribution is 6.30. The normalized spacial score (nSPS) is 10.6. The van der Waals surface area contributed by atoms with Crippen molar-refractivity contribution >= 4 is 45.9 Å². The van der Waals surface area contributed by atoms with Crippen molar-refractivity contribution in [2.45, 2.75) is 0 Å². The third kappa shape index (κ3) is 2.57. The number of hydrogen-bond donors (Lipinski definition) is 1. The van der Waals surface area contributed by atoms with Crippen LogP contribution in [0.1, 0.15) is 0 Å². The number of benzene rings is 1. The number of nitrogens with zero attached hydrogens (tertiary/aromatic N) is 4. The lowest BCUT2D eigenvalue weighted by Crippen LogP contribution is -1.99. The predicted octanol–water partition coefficient (Wildman–Crippen LogP) is 3.47. The largest absolute Gasteiger partial charge is 0.338 e. The minimum absolute atomic E-state index is 0.115. The van der Waals surface area contributed by atoms with E-state index in [-0.39, 0.29) is 5.28 Å². The second-order valence-electron chi connectivity index (χ2n) is 3.70. The van der Waals surface area contributed by atoms with Crippen LogP contribution in [0, 0.1) is 0 Å². The zero-order valence-electron chi connectivity index (χ0n) is 9.51. The molecule has 0 fully saturated rings. The van der Waals surface area contributed by atoms with Crippen molar-refractivity contribution in [1.82, 2.24) is 19.9 Å². The van der Waals surface area contributed by atoms with E-state index in [1.54, 1.807) is 24.5 Å². The average Bonchev–Trinajstić information content (AvgIpc) is 2.41. The number of rotatable bonds is 2. The zero-order chi connectivity index (χ0) is 13.2. The van der Waals surface area contributed by atoms with Crippen molar-refractivity contribution < 1.29 is 0 Å². The molecule has 0 saturated heterocycles. The van der Waals surface area contributed by atoms with E-state index in [1.807, 2.05) is 12.1 Å². The molecular weight excluding hydrogens is 285 g/mol. The van der Waals surface area contributed by atoms with Crippen LogP contribution in [0.4, 0.5) is 11.5 Å². The molecule has 0 amide bonds. The Kier molecular flexibility index (Phi) is 3.15. The highest BCUT2D eigenvalue weighted by Crippen LogP contribution is 2.23. The molecule has 0 aliphatic rings. The van der Waals surface area contributed by atoms with E-state index in [4.69, 9.17) is 23.2 Å². The van der Waals surface area contributed by atoms with Crippen LogP contribution in [0.3, 0.4) is 0 Å². The molecule has 0 unspecified atom stereocenters. The standard InChI is InChI=1S/C12H7Cl2N5/c13-7-1-3-8(4-2-7)17-11-9-10(16-6-5-15-9)18-12(14)19-11/h1-6H,(H,16,17,18,19). The highest BCUT2D eigenvalue weighted by atomic mass is 35.5. The van der Waals surface area contributed by atoms with Gasteiger partial charge in [-0.15, -0.1) is 0 Å². The van der Waals surface area contributed by atoms with E-state index in [9.17, 15) is 0 Å². The van der Waals surface area contributed by atoms with Gasteiger partial charge in [-0.3, -0.25) is 0 Å². The summed E-state index contributed by atoms with van der Waals surface area (Å²) in [7, 11) is 0. The van der Waals surface area contributed by atoms with Gasteiger partial charge in [0, 0.05) is 23.1 Å². The Labute approximate surface area is 118 Å². The molecule has 0 atom stereocenters. The third-order valence-corrected chi connectivity index (χ3v) is 2.83. The molecule has 94 valence electrons. The molecule has 3 rings (SSSR count). The maximum absolute atomic E-state index is 5.86. The van der Waals surface area contributed by atoms with E-state index in [1.165, 1.54) is 0 Å². The fourth-order valence-corrected chi connectivity index (χ4v) is 1.88. The topological polar surface area (TPSA) is 63.6 Å². The lowest BCUT2D eigenvalue weighted by molar-refractivity contribution is 1.15. The minimum Gasteiger partial charge on any atom is -0.338 e. The summed E-state index contributed by atoms with van der Waals surface area (Å²) in [4.78, 5) is 16.4. The lowest BCUT2D eigenvalue weighted by atomic mass is 10.3. The average molecular weight is 292 g/mol. The van der Waals surface area contributed by atoms with Gasteiger partial charge in [-0.05, 0) is 35.9 Å². The van der Waals surface area contributed by atoms with Crippen molar-refractivity contribution in [1.29, 1.82) is 0 Å². The third-order valence-electron chi connectivity index (χ3n) is 2.41. The summed E-state index contributed by atoms with van der Waals surface area (Å²) in [6, 6.07) is 7.22. The molecule has 7 heteroatoms. The van der Waals surface area contributed by atoms with Crippen LogP contribution < -0.4 is 5.32 Å². The van der Waals surface area contributed by atoms with Gasteiger partial charge in [-0.1, -0.05) is 11.6 Å². The SMILES string of the molecule is Clc1ccc(Nc2nc(Cl)nc3nccnc23)cc1. The van der Waals surface area contributed by atoms with Crippen molar-refractivity contribution in [2.24, 2.45) is 0 Å². The van der Waals surface area contributed by atoms with Crippen molar-refractivity contribution in [3.63, 3.8) is 0 Å². The summed E-state index contributed by atoms with van der Waals surface area (Å²) < 4.78 is 0. The van der Waals surface area contributed by atoms with E-state index >= 15 is 0 Å². The quantitative estimate of drug-likeness (QED) is 0.733. The number of anilines is 2. The Hall–Kier alpha value is -1.98. The molecule has 2 aromatic heterocycles. The zero-order valence-corrected chi connectivity index (χ0v) is 11.0. The van der Waals surface area contributed by atoms with Crippen LogP contribution in [0.25, 0.3) is 11.2 Å². The fraction of sp³-hybridized carbons (Fsp3) is 0. The molecule has 0 bridgehead atoms. The lowest BCUT2D eigenvalue weighted by Gasteiger charge is -2.07.